The molecule has 1 saturated heterocycles. The van der Waals surface area contributed by atoms with E-state index in [4.69, 9.17) is 0 Å². The first-order chi connectivity index (χ1) is 11.7. The molecular weight excluding hydrogens is 360 g/mol. The van der Waals surface area contributed by atoms with Gasteiger partial charge in [-0.15, -0.1) is 21.5 Å². The summed E-state index contributed by atoms with van der Waals surface area (Å²) in [6, 6.07) is 4.21. The van der Waals surface area contributed by atoms with Crippen LogP contribution >= 0.6 is 34.4 Å². The topological polar surface area (TPSA) is 58.1 Å². The van der Waals surface area contributed by atoms with E-state index >= 15 is 0 Å². The second-order valence-corrected chi connectivity index (χ2v) is 9.24. The first kappa shape index (κ1) is 17.7. The smallest absolute Gasteiger partial charge is 0.233 e. The van der Waals surface area contributed by atoms with Gasteiger partial charge >= 0.3 is 0 Å². The minimum atomic E-state index is 0.217. The molecule has 1 aliphatic rings. The van der Waals surface area contributed by atoms with Crippen LogP contribution < -0.4 is 5.32 Å². The summed E-state index contributed by atoms with van der Waals surface area (Å²) in [4.78, 5) is 15.6. The molecule has 1 N–H and O–H groups in total. The molecule has 0 bridgehead atoms. The van der Waals surface area contributed by atoms with Crippen LogP contribution in [0.4, 0.5) is 5.13 Å². The zero-order chi connectivity index (χ0) is 16.8. The van der Waals surface area contributed by atoms with E-state index in [0.717, 1.165) is 41.9 Å². The molecule has 2 aromatic rings. The van der Waals surface area contributed by atoms with Crippen molar-refractivity contribution in [3.8, 4) is 0 Å². The van der Waals surface area contributed by atoms with Gasteiger partial charge < -0.3 is 10.2 Å². The fraction of sp³-hybridized carbons (Fsp3) is 0.562. The molecule has 1 fully saturated rings. The summed E-state index contributed by atoms with van der Waals surface area (Å²) in [6.07, 6.45) is 3.34. The summed E-state index contributed by atoms with van der Waals surface area (Å²) in [5.41, 5.74) is 0. The number of hydrogen-bond donors (Lipinski definition) is 1. The Balaban J connectivity index is 1.40. The molecule has 5 nitrogen and oxygen atoms in total. The maximum Gasteiger partial charge on any atom is 0.233 e. The molecule has 1 atom stereocenters. The third kappa shape index (κ3) is 5.19. The first-order valence-electron chi connectivity index (χ1n) is 8.21. The molecule has 1 amide bonds. The third-order valence-electron chi connectivity index (χ3n) is 3.96. The van der Waals surface area contributed by atoms with Crippen LogP contribution in [-0.2, 0) is 11.2 Å². The number of nitrogens with one attached hydrogen (secondary N) is 1. The Kier molecular flexibility index (Phi) is 6.51. The summed E-state index contributed by atoms with van der Waals surface area (Å²) in [5.74, 6) is 1.29. The van der Waals surface area contributed by atoms with E-state index in [0.29, 0.717) is 11.7 Å². The predicted octanol–water partition coefficient (Wildman–Crippen LogP) is 3.60. The highest BCUT2D eigenvalue weighted by molar-refractivity contribution is 8.01. The van der Waals surface area contributed by atoms with Gasteiger partial charge in [0.05, 0.1) is 5.75 Å². The summed E-state index contributed by atoms with van der Waals surface area (Å²) in [6.45, 7) is 4.86. The number of thioether (sulfide) groups is 1. The van der Waals surface area contributed by atoms with Gasteiger partial charge in [-0.05, 0) is 36.6 Å². The van der Waals surface area contributed by atoms with Crippen molar-refractivity contribution in [1.29, 1.82) is 0 Å². The van der Waals surface area contributed by atoms with Crippen LogP contribution in [0, 0.1) is 5.92 Å². The minimum Gasteiger partial charge on any atom is -0.360 e. The van der Waals surface area contributed by atoms with Gasteiger partial charge in [-0.1, -0.05) is 36.1 Å². The molecule has 0 saturated carbocycles. The monoisotopic (exact) mass is 382 g/mol. The number of amides is 1. The number of carbonyl (C=O) groups excluding carboxylic acids is 1. The Morgan fingerprint density at radius 1 is 1.50 bits per heavy atom. The molecule has 2 aromatic heterocycles. The van der Waals surface area contributed by atoms with Crippen LogP contribution in [0.1, 0.15) is 24.6 Å². The predicted molar refractivity (Wildman–Crippen MR) is 102 cm³/mol. The maximum absolute atomic E-state index is 12.3. The highest BCUT2D eigenvalue weighted by atomic mass is 32.2. The SMILES string of the molecule is CC1CCCN(C(=O)CSc2nnc(NCCc3cccs3)s2)C1. The normalized spacial score (nSPS) is 17.9. The second kappa shape index (κ2) is 8.82. The van der Waals surface area contributed by atoms with Crippen molar-refractivity contribution in [3.63, 3.8) is 0 Å². The number of hydrogen-bond acceptors (Lipinski definition) is 7. The zero-order valence-corrected chi connectivity index (χ0v) is 16.2. The molecule has 0 aliphatic carbocycles. The van der Waals surface area contributed by atoms with Gasteiger partial charge in [-0.2, -0.15) is 0 Å². The Hall–Kier alpha value is -1.12. The number of anilines is 1. The largest absolute Gasteiger partial charge is 0.360 e. The summed E-state index contributed by atoms with van der Waals surface area (Å²) in [5, 5.41) is 14.5. The van der Waals surface area contributed by atoms with E-state index in [2.05, 4.69) is 40.0 Å². The lowest BCUT2D eigenvalue weighted by Gasteiger charge is -2.30. The first-order valence-corrected chi connectivity index (χ1v) is 10.9. The Bertz CT molecular complexity index is 644. The summed E-state index contributed by atoms with van der Waals surface area (Å²) < 4.78 is 0.854. The fourth-order valence-corrected chi connectivity index (χ4v) is 5.11. The molecule has 0 radical (unpaired) electrons. The van der Waals surface area contributed by atoms with Gasteiger partial charge in [-0.3, -0.25) is 4.79 Å². The van der Waals surface area contributed by atoms with E-state index in [1.165, 1.54) is 34.4 Å². The number of rotatable bonds is 7. The highest BCUT2D eigenvalue weighted by Gasteiger charge is 2.21. The summed E-state index contributed by atoms with van der Waals surface area (Å²) >= 11 is 4.78. The van der Waals surface area contributed by atoms with E-state index in [9.17, 15) is 4.79 Å². The molecular formula is C16H22N4OS3. The molecule has 0 spiro atoms. The van der Waals surface area contributed by atoms with Crippen LogP contribution in [0.3, 0.4) is 0 Å². The van der Waals surface area contributed by atoms with Crippen molar-refractivity contribution in [3.05, 3.63) is 22.4 Å². The maximum atomic E-state index is 12.3. The van der Waals surface area contributed by atoms with Crippen LogP contribution in [0.15, 0.2) is 21.9 Å². The van der Waals surface area contributed by atoms with Crippen LogP contribution in [-0.4, -0.2) is 46.4 Å². The van der Waals surface area contributed by atoms with Gasteiger partial charge in [0, 0.05) is 24.5 Å². The number of thiophene rings is 1. The number of carbonyl (C=O) groups is 1. The van der Waals surface area contributed by atoms with Crippen LogP contribution in [0.25, 0.3) is 0 Å². The summed E-state index contributed by atoms with van der Waals surface area (Å²) in [7, 11) is 0. The lowest BCUT2D eigenvalue weighted by Crippen LogP contribution is -2.40. The number of piperidine rings is 1. The molecule has 130 valence electrons. The minimum absolute atomic E-state index is 0.217. The Morgan fingerprint density at radius 2 is 2.42 bits per heavy atom. The Labute approximate surface area is 154 Å². The van der Waals surface area contributed by atoms with E-state index < -0.39 is 0 Å². The molecule has 1 unspecified atom stereocenters. The standard InChI is InChI=1S/C16H22N4OS3/c1-12-4-2-8-20(10-12)14(21)11-23-16-19-18-15(24-16)17-7-6-13-5-3-9-22-13/h3,5,9,12H,2,4,6-8,10-11H2,1H3,(H,17,18). The van der Waals surface area contributed by atoms with Gasteiger partial charge in [0.2, 0.25) is 11.0 Å². The lowest BCUT2D eigenvalue weighted by atomic mass is 10.0. The zero-order valence-electron chi connectivity index (χ0n) is 13.7. The molecule has 8 heteroatoms. The van der Waals surface area contributed by atoms with Crippen LogP contribution in [0.2, 0.25) is 0 Å². The number of nitrogens with zero attached hydrogens (tertiary/aromatic N) is 3. The average molecular weight is 383 g/mol. The lowest BCUT2D eigenvalue weighted by molar-refractivity contribution is -0.130. The van der Waals surface area contributed by atoms with Crippen molar-refractivity contribution in [1.82, 2.24) is 15.1 Å². The average Bonchev–Trinajstić information content (AvgIpc) is 3.24. The number of likely N-dealkylation sites (tertiary alicyclic amines) is 1. The van der Waals surface area contributed by atoms with Gasteiger partial charge in [0.1, 0.15) is 0 Å². The van der Waals surface area contributed by atoms with Crippen molar-refractivity contribution >= 4 is 45.5 Å². The van der Waals surface area contributed by atoms with Gasteiger partial charge in [-0.25, -0.2) is 0 Å². The molecule has 0 aromatic carbocycles. The Morgan fingerprint density at radius 3 is 3.21 bits per heavy atom. The van der Waals surface area contributed by atoms with Gasteiger partial charge in [0.25, 0.3) is 0 Å². The van der Waals surface area contributed by atoms with E-state index in [1.54, 1.807) is 11.3 Å². The molecule has 1 aliphatic heterocycles. The quantitative estimate of drug-likeness (QED) is 0.742. The van der Waals surface area contributed by atoms with Gasteiger partial charge in [0.15, 0.2) is 4.34 Å². The highest BCUT2D eigenvalue weighted by Crippen LogP contribution is 2.26. The van der Waals surface area contributed by atoms with E-state index in [-0.39, 0.29) is 5.91 Å². The molecule has 3 heterocycles. The van der Waals surface area contributed by atoms with Crippen molar-refractivity contribution < 1.29 is 4.79 Å². The van der Waals surface area contributed by atoms with Crippen molar-refractivity contribution in [2.24, 2.45) is 5.92 Å². The second-order valence-electron chi connectivity index (χ2n) is 6.01. The van der Waals surface area contributed by atoms with Crippen molar-refractivity contribution in [2.45, 2.75) is 30.5 Å². The third-order valence-corrected chi connectivity index (χ3v) is 6.90. The van der Waals surface area contributed by atoms with Crippen LogP contribution in [0.5, 0.6) is 0 Å². The van der Waals surface area contributed by atoms with Crippen molar-refractivity contribution in [2.75, 3.05) is 30.7 Å². The van der Waals surface area contributed by atoms with E-state index in [1.807, 2.05) is 4.90 Å². The fourth-order valence-electron chi connectivity index (χ4n) is 2.72. The molecule has 3 rings (SSSR count). The molecule has 24 heavy (non-hydrogen) atoms. The number of aromatic nitrogens is 2.